The summed E-state index contributed by atoms with van der Waals surface area (Å²) in [5, 5.41) is 5.44. The Bertz CT molecular complexity index is 828. The molecular weight excluding hydrogens is 324 g/mol. The fourth-order valence-corrected chi connectivity index (χ4v) is 4.69. The van der Waals surface area contributed by atoms with Gasteiger partial charge in [-0.25, -0.2) is 4.98 Å². The molecule has 140 valence electrons. The Kier molecular flexibility index (Phi) is 4.49. The van der Waals surface area contributed by atoms with Crippen LogP contribution >= 0.6 is 0 Å². The van der Waals surface area contributed by atoms with E-state index in [4.69, 9.17) is 0 Å². The first-order chi connectivity index (χ1) is 12.5. The van der Waals surface area contributed by atoms with E-state index in [1.807, 2.05) is 27.0 Å². The summed E-state index contributed by atoms with van der Waals surface area (Å²) in [6.45, 7) is 6.23. The molecule has 5 heteroatoms. The number of fused-ring (bicyclic) bond motifs is 1. The van der Waals surface area contributed by atoms with Gasteiger partial charge in [0.2, 0.25) is 0 Å². The molecule has 5 nitrogen and oxygen atoms in total. The lowest BCUT2D eigenvalue weighted by Gasteiger charge is -2.37. The average molecular weight is 354 g/mol. The van der Waals surface area contributed by atoms with Crippen molar-refractivity contribution < 1.29 is 4.79 Å². The van der Waals surface area contributed by atoms with Gasteiger partial charge in [0, 0.05) is 24.8 Å². The van der Waals surface area contributed by atoms with Gasteiger partial charge in [0.15, 0.2) is 5.65 Å². The second-order valence-corrected chi connectivity index (χ2v) is 8.25. The number of carbonyl (C=O) groups is 1. The van der Waals surface area contributed by atoms with Crippen molar-refractivity contribution in [3.8, 4) is 0 Å². The van der Waals surface area contributed by atoms with Crippen LogP contribution in [0.5, 0.6) is 0 Å². The van der Waals surface area contributed by atoms with Crippen LogP contribution in [-0.2, 0) is 7.05 Å². The van der Waals surface area contributed by atoms with Crippen LogP contribution in [0.15, 0.2) is 6.07 Å². The van der Waals surface area contributed by atoms with E-state index in [1.165, 1.54) is 19.3 Å². The molecule has 0 saturated heterocycles. The lowest BCUT2D eigenvalue weighted by molar-refractivity contribution is 0.0589. The monoisotopic (exact) mass is 354 g/mol. The van der Waals surface area contributed by atoms with E-state index in [0.717, 1.165) is 59.6 Å². The first-order valence-electron chi connectivity index (χ1n) is 10.1. The summed E-state index contributed by atoms with van der Waals surface area (Å²) in [6, 6.07) is 2.80. The zero-order valence-electron chi connectivity index (χ0n) is 16.5. The maximum absolute atomic E-state index is 13.7. The summed E-state index contributed by atoms with van der Waals surface area (Å²) in [4.78, 5) is 20.5. The molecular formula is C21H30N4O. The standard InChI is InChI=1S/C21H30N4O/c1-5-15-6-8-16(9-7-15)25(17-10-11-17)21(26)18-12-13(2)22-20-19(18)14(3)23-24(20)4/h12,15-17H,5-11H2,1-4H3. The van der Waals surface area contributed by atoms with E-state index < -0.39 is 0 Å². The van der Waals surface area contributed by atoms with Crippen LogP contribution in [0.3, 0.4) is 0 Å². The topological polar surface area (TPSA) is 51.0 Å². The fourth-order valence-electron chi connectivity index (χ4n) is 4.69. The second kappa shape index (κ2) is 6.67. The van der Waals surface area contributed by atoms with Crippen LogP contribution in [0, 0.1) is 19.8 Å². The first-order valence-corrected chi connectivity index (χ1v) is 10.1. The van der Waals surface area contributed by atoms with Gasteiger partial charge in [0.05, 0.1) is 16.6 Å². The van der Waals surface area contributed by atoms with Crippen LogP contribution in [-0.4, -0.2) is 37.7 Å². The van der Waals surface area contributed by atoms with Crippen LogP contribution in [0.1, 0.15) is 73.6 Å². The number of carbonyl (C=O) groups excluding carboxylic acids is 1. The number of hydrogen-bond donors (Lipinski definition) is 0. The van der Waals surface area contributed by atoms with Gasteiger partial charge in [-0.05, 0) is 64.4 Å². The van der Waals surface area contributed by atoms with Gasteiger partial charge >= 0.3 is 0 Å². The third kappa shape index (κ3) is 3.01. The molecule has 0 unspecified atom stereocenters. The molecule has 26 heavy (non-hydrogen) atoms. The number of aryl methyl sites for hydroxylation is 3. The molecule has 2 fully saturated rings. The van der Waals surface area contributed by atoms with E-state index in [0.29, 0.717) is 12.1 Å². The van der Waals surface area contributed by atoms with Crippen LogP contribution in [0.4, 0.5) is 0 Å². The Balaban J connectivity index is 1.70. The molecule has 0 bridgehead atoms. The molecule has 2 aromatic heterocycles. The largest absolute Gasteiger partial charge is 0.333 e. The van der Waals surface area contributed by atoms with Gasteiger partial charge in [-0.2, -0.15) is 5.10 Å². The summed E-state index contributed by atoms with van der Waals surface area (Å²) < 4.78 is 1.79. The SMILES string of the molecule is CCC1CCC(N(C(=O)c2cc(C)nc3c2c(C)nn3C)C2CC2)CC1. The average Bonchev–Trinajstić information content (AvgIpc) is 3.41. The van der Waals surface area contributed by atoms with Gasteiger partial charge in [-0.3, -0.25) is 9.48 Å². The van der Waals surface area contributed by atoms with Gasteiger partial charge in [-0.1, -0.05) is 13.3 Å². The van der Waals surface area contributed by atoms with E-state index in [1.54, 1.807) is 4.68 Å². The van der Waals surface area contributed by atoms with E-state index in [9.17, 15) is 4.79 Å². The minimum atomic E-state index is 0.194. The Hall–Kier alpha value is -1.91. The molecule has 2 aliphatic carbocycles. The third-order valence-electron chi connectivity index (χ3n) is 6.29. The van der Waals surface area contributed by atoms with E-state index >= 15 is 0 Å². The van der Waals surface area contributed by atoms with E-state index in [-0.39, 0.29) is 5.91 Å². The maximum Gasteiger partial charge on any atom is 0.255 e. The van der Waals surface area contributed by atoms with Crippen molar-refractivity contribution in [2.45, 2.75) is 77.8 Å². The highest BCUT2D eigenvalue weighted by Gasteiger charge is 2.39. The number of hydrogen-bond acceptors (Lipinski definition) is 3. The van der Waals surface area contributed by atoms with Crippen molar-refractivity contribution in [1.82, 2.24) is 19.7 Å². The van der Waals surface area contributed by atoms with Crippen LogP contribution in [0.25, 0.3) is 11.0 Å². The minimum absolute atomic E-state index is 0.194. The molecule has 1 amide bonds. The molecule has 0 radical (unpaired) electrons. The Morgan fingerprint density at radius 3 is 2.35 bits per heavy atom. The normalized spacial score (nSPS) is 23.4. The number of pyridine rings is 1. The molecule has 0 N–H and O–H groups in total. The van der Waals surface area contributed by atoms with Crippen LogP contribution in [0.2, 0.25) is 0 Å². The Labute approximate surface area is 155 Å². The molecule has 2 heterocycles. The number of rotatable bonds is 4. The lowest BCUT2D eigenvalue weighted by Crippen LogP contribution is -2.44. The minimum Gasteiger partial charge on any atom is -0.333 e. The zero-order valence-corrected chi connectivity index (χ0v) is 16.5. The number of nitrogens with zero attached hydrogens (tertiary/aromatic N) is 4. The number of aromatic nitrogens is 3. The quantitative estimate of drug-likeness (QED) is 0.828. The molecule has 2 saturated carbocycles. The fraction of sp³-hybridized carbons (Fsp3) is 0.667. The number of amides is 1. The maximum atomic E-state index is 13.7. The van der Waals surface area contributed by atoms with Gasteiger partial charge < -0.3 is 4.90 Å². The van der Waals surface area contributed by atoms with Gasteiger partial charge in [0.1, 0.15) is 0 Å². The summed E-state index contributed by atoms with van der Waals surface area (Å²) >= 11 is 0. The predicted octanol–water partition coefficient (Wildman–Crippen LogP) is 4.16. The van der Waals surface area contributed by atoms with Crippen molar-refractivity contribution in [1.29, 1.82) is 0 Å². The molecule has 0 aromatic carbocycles. The molecule has 0 atom stereocenters. The van der Waals surface area contributed by atoms with Crippen molar-refractivity contribution >= 4 is 16.9 Å². The highest BCUT2D eigenvalue weighted by molar-refractivity contribution is 6.06. The van der Waals surface area contributed by atoms with Crippen molar-refractivity contribution in [2.24, 2.45) is 13.0 Å². The zero-order chi connectivity index (χ0) is 18.4. The van der Waals surface area contributed by atoms with E-state index in [2.05, 4.69) is 21.9 Å². The molecule has 4 rings (SSSR count). The Morgan fingerprint density at radius 1 is 1.15 bits per heavy atom. The van der Waals surface area contributed by atoms with Crippen molar-refractivity contribution in [3.05, 3.63) is 23.0 Å². The highest BCUT2D eigenvalue weighted by Crippen LogP contribution is 2.38. The van der Waals surface area contributed by atoms with Gasteiger partial charge in [-0.15, -0.1) is 0 Å². The molecule has 0 aliphatic heterocycles. The first kappa shape index (κ1) is 17.5. The third-order valence-corrected chi connectivity index (χ3v) is 6.29. The molecule has 0 spiro atoms. The summed E-state index contributed by atoms with van der Waals surface area (Å²) in [7, 11) is 1.90. The highest BCUT2D eigenvalue weighted by atomic mass is 16.2. The molecule has 2 aromatic rings. The van der Waals surface area contributed by atoms with Crippen molar-refractivity contribution in [2.75, 3.05) is 0 Å². The van der Waals surface area contributed by atoms with Gasteiger partial charge in [0.25, 0.3) is 5.91 Å². The summed E-state index contributed by atoms with van der Waals surface area (Å²) in [5.74, 6) is 1.04. The summed E-state index contributed by atoms with van der Waals surface area (Å²) in [5.41, 5.74) is 3.39. The smallest absolute Gasteiger partial charge is 0.255 e. The predicted molar refractivity (Wildman–Crippen MR) is 103 cm³/mol. The summed E-state index contributed by atoms with van der Waals surface area (Å²) in [6.07, 6.45) is 8.39. The second-order valence-electron chi connectivity index (χ2n) is 8.25. The van der Waals surface area contributed by atoms with Crippen LogP contribution < -0.4 is 0 Å². The molecule has 2 aliphatic rings. The lowest BCUT2D eigenvalue weighted by atomic mass is 9.83. The van der Waals surface area contributed by atoms with Crippen molar-refractivity contribution in [3.63, 3.8) is 0 Å². The Morgan fingerprint density at radius 2 is 1.77 bits per heavy atom.